The van der Waals surface area contributed by atoms with E-state index in [1.165, 1.54) is 28.6 Å². The third-order valence-corrected chi connectivity index (χ3v) is 9.64. The van der Waals surface area contributed by atoms with Crippen LogP contribution in [-0.4, -0.2) is 74.4 Å². The zero-order valence-corrected chi connectivity index (χ0v) is 24.9. The van der Waals surface area contributed by atoms with Gasteiger partial charge in [-0.15, -0.1) is 0 Å². The Balaban J connectivity index is 1.51. The molecule has 42 heavy (non-hydrogen) atoms. The number of nitrogens with zero attached hydrogens (tertiary/aromatic N) is 1. The Morgan fingerprint density at radius 3 is 2.48 bits per heavy atom. The number of benzene rings is 2. The summed E-state index contributed by atoms with van der Waals surface area (Å²) in [5.74, 6) is -0.0559. The maximum atomic E-state index is 13.7. The van der Waals surface area contributed by atoms with E-state index in [1.54, 1.807) is 12.1 Å². The number of fused-ring (bicyclic) bond motifs is 1. The highest BCUT2D eigenvalue weighted by atomic mass is 32.2. The van der Waals surface area contributed by atoms with Crippen LogP contribution in [0.4, 0.5) is 4.79 Å². The number of primary amides is 1. The number of ether oxygens (including phenoxy) is 2. The van der Waals surface area contributed by atoms with E-state index in [1.807, 2.05) is 44.2 Å². The van der Waals surface area contributed by atoms with Crippen LogP contribution in [0, 0.1) is 17.8 Å². The Hall–Kier alpha value is -3.25. The lowest BCUT2D eigenvalue weighted by molar-refractivity contribution is -0.113. The summed E-state index contributed by atoms with van der Waals surface area (Å²) in [7, 11) is -4.00. The molecule has 1 heterocycles. The van der Waals surface area contributed by atoms with Gasteiger partial charge >= 0.3 is 6.09 Å². The van der Waals surface area contributed by atoms with Crippen molar-refractivity contribution >= 4 is 28.1 Å². The van der Waals surface area contributed by atoms with Gasteiger partial charge in [0.25, 0.3) is 0 Å². The van der Waals surface area contributed by atoms with E-state index in [-0.39, 0.29) is 42.3 Å². The number of hydrogen-bond acceptors (Lipinski definition) is 7. The Morgan fingerprint density at radius 1 is 1.10 bits per heavy atom. The molecule has 5 atom stereocenters. The van der Waals surface area contributed by atoms with E-state index in [2.05, 4.69) is 5.32 Å². The molecule has 2 aromatic rings. The number of carbonyl (C=O) groups excluding carboxylic acids is 2. The molecule has 11 heteroatoms. The zero-order valence-electron chi connectivity index (χ0n) is 24.1. The molecule has 0 spiro atoms. The number of hydrogen-bond donors (Lipinski definition) is 3. The molecule has 0 radical (unpaired) electrons. The molecule has 1 aliphatic heterocycles. The van der Waals surface area contributed by atoms with Crippen molar-refractivity contribution in [3.05, 3.63) is 71.8 Å². The summed E-state index contributed by atoms with van der Waals surface area (Å²) >= 11 is 0. The van der Waals surface area contributed by atoms with E-state index in [4.69, 9.17) is 15.2 Å². The molecule has 1 saturated heterocycles. The number of amides is 2. The fourth-order valence-electron chi connectivity index (χ4n) is 5.63. The van der Waals surface area contributed by atoms with Gasteiger partial charge in [-0.2, -0.15) is 4.31 Å². The largest absolute Gasteiger partial charge is 0.446 e. The average Bonchev–Trinajstić information content (AvgIpc) is 3.57. The second-order valence-corrected chi connectivity index (χ2v) is 13.4. The highest BCUT2D eigenvalue weighted by molar-refractivity contribution is 7.89. The molecule has 0 bridgehead atoms. The Kier molecular flexibility index (Phi) is 10.8. The number of rotatable bonds is 13. The van der Waals surface area contributed by atoms with Gasteiger partial charge in [-0.25, -0.2) is 13.2 Å². The molecule has 228 valence electrons. The van der Waals surface area contributed by atoms with Crippen molar-refractivity contribution in [3.63, 3.8) is 0 Å². The van der Waals surface area contributed by atoms with Crippen LogP contribution in [0.15, 0.2) is 65.6 Å². The number of carbonyl (C=O) groups is 2. The van der Waals surface area contributed by atoms with Crippen LogP contribution in [0.5, 0.6) is 0 Å². The third kappa shape index (κ3) is 8.41. The molecule has 2 aromatic carbocycles. The first-order valence-electron chi connectivity index (χ1n) is 14.4. The smallest absolute Gasteiger partial charge is 0.407 e. The maximum Gasteiger partial charge on any atom is 0.407 e. The Morgan fingerprint density at radius 2 is 1.81 bits per heavy atom. The van der Waals surface area contributed by atoms with Gasteiger partial charge in [0.2, 0.25) is 15.9 Å². The first kappa shape index (κ1) is 31.7. The molecule has 0 aromatic heterocycles. The summed E-state index contributed by atoms with van der Waals surface area (Å²) in [6.45, 7) is 4.98. The number of alkyl carbamates (subject to hydrolysis) is 1. The van der Waals surface area contributed by atoms with Crippen molar-refractivity contribution in [2.24, 2.45) is 23.5 Å². The molecule has 2 fully saturated rings. The summed E-state index contributed by atoms with van der Waals surface area (Å²) in [5.41, 5.74) is 6.64. The lowest BCUT2D eigenvalue weighted by Crippen LogP contribution is -2.51. The number of aliphatic hydroxyl groups excluding tert-OH is 1. The van der Waals surface area contributed by atoms with Gasteiger partial charge in [-0.3, -0.25) is 4.79 Å². The molecule has 2 aliphatic rings. The molecule has 3 unspecified atom stereocenters. The van der Waals surface area contributed by atoms with Crippen molar-refractivity contribution in [3.8, 4) is 0 Å². The van der Waals surface area contributed by atoms with E-state index in [0.29, 0.717) is 24.7 Å². The van der Waals surface area contributed by atoms with Crippen LogP contribution in [0.3, 0.4) is 0 Å². The molecule has 4 rings (SSSR count). The number of nitrogens with one attached hydrogen (secondary N) is 1. The SMILES string of the molecule is CC(C)CN(C[C@@H](O)[C@H](Cc1ccccc1)NC(=O)OC1CCC2COCC21)S(=O)(=O)c1ccc(/C=C/C(N)=O)cc1. The van der Waals surface area contributed by atoms with Gasteiger partial charge in [-0.05, 0) is 60.4 Å². The van der Waals surface area contributed by atoms with Crippen LogP contribution < -0.4 is 11.1 Å². The molecule has 2 amide bonds. The summed E-state index contributed by atoms with van der Waals surface area (Å²) in [6, 6.07) is 14.7. The minimum absolute atomic E-state index is 0.0285. The zero-order chi connectivity index (χ0) is 30.3. The van der Waals surface area contributed by atoms with Gasteiger partial charge < -0.3 is 25.6 Å². The summed E-state index contributed by atoms with van der Waals surface area (Å²) in [5, 5.41) is 14.3. The average molecular weight is 600 g/mol. The minimum atomic E-state index is -4.00. The highest BCUT2D eigenvalue weighted by Gasteiger charge is 2.42. The van der Waals surface area contributed by atoms with Crippen molar-refractivity contribution in [2.45, 2.75) is 56.3 Å². The van der Waals surface area contributed by atoms with E-state index in [0.717, 1.165) is 18.4 Å². The number of nitrogens with two attached hydrogens (primary N) is 1. The van der Waals surface area contributed by atoms with Crippen molar-refractivity contribution < 1.29 is 32.6 Å². The summed E-state index contributed by atoms with van der Waals surface area (Å²) in [6.07, 6.45) is 2.60. The second kappa shape index (κ2) is 14.3. The Bertz CT molecular complexity index is 1330. The normalized spacial score (nSPS) is 21.9. The standard InChI is InChI=1S/C31H41N3O7S/c1-21(2)17-34(42(38,39)25-12-8-22(9-13-25)10-15-30(32)36)18-28(35)27(16-23-6-4-3-5-7-23)33-31(37)41-29-14-11-24-19-40-20-26(24)29/h3-10,12-13,15,21,24,26-29,35H,11,14,16-20H2,1-2H3,(H2,32,36)(H,33,37)/b15-10+/t24?,26?,27-,28+,29?/m0/s1. The van der Waals surface area contributed by atoms with E-state index < -0.39 is 34.2 Å². The Labute approximate surface area is 247 Å². The van der Waals surface area contributed by atoms with Crippen LogP contribution in [0.1, 0.15) is 37.8 Å². The number of aliphatic hydroxyl groups is 1. The molecular weight excluding hydrogens is 558 g/mol. The van der Waals surface area contributed by atoms with Crippen LogP contribution >= 0.6 is 0 Å². The predicted octanol–water partition coefficient (Wildman–Crippen LogP) is 2.96. The van der Waals surface area contributed by atoms with Crippen molar-refractivity contribution in [1.82, 2.24) is 9.62 Å². The van der Waals surface area contributed by atoms with Gasteiger partial charge in [0, 0.05) is 31.7 Å². The second-order valence-electron chi connectivity index (χ2n) is 11.5. The molecule has 4 N–H and O–H groups in total. The van der Waals surface area contributed by atoms with Gasteiger partial charge in [0.05, 0.1) is 23.6 Å². The summed E-state index contributed by atoms with van der Waals surface area (Å²) < 4.78 is 40.0. The third-order valence-electron chi connectivity index (χ3n) is 7.79. The van der Waals surface area contributed by atoms with E-state index >= 15 is 0 Å². The molecule has 1 aliphatic carbocycles. The molecular formula is C31H41N3O7S. The van der Waals surface area contributed by atoms with Crippen molar-refractivity contribution in [2.75, 3.05) is 26.3 Å². The van der Waals surface area contributed by atoms with Crippen LogP contribution in [-0.2, 0) is 30.7 Å². The minimum Gasteiger partial charge on any atom is -0.446 e. The van der Waals surface area contributed by atoms with Gasteiger partial charge in [-0.1, -0.05) is 56.3 Å². The van der Waals surface area contributed by atoms with Gasteiger partial charge in [0.1, 0.15) is 6.10 Å². The molecule has 1 saturated carbocycles. The lowest BCUT2D eigenvalue weighted by Gasteiger charge is -2.31. The summed E-state index contributed by atoms with van der Waals surface area (Å²) in [4.78, 5) is 24.1. The predicted molar refractivity (Wildman–Crippen MR) is 159 cm³/mol. The van der Waals surface area contributed by atoms with Gasteiger partial charge in [0.15, 0.2) is 0 Å². The first-order valence-corrected chi connectivity index (χ1v) is 15.8. The van der Waals surface area contributed by atoms with Crippen molar-refractivity contribution in [1.29, 1.82) is 0 Å². The monoisotopic (exact) mass is 599 g/mol. The molecule has 10 nitrogen and oxygen atoms in total. The van der Waals surface area contributed by atoms with Crippen LogP contribution in [0.25, 0.3) is 6.08 Å². The quantitative estimate of drug-likeness (QED) is 0.300. The topological polar surface area (TPSA) is 148 Å². The fourth-order valence-corrected chi connectivity index (χ4v) is 7.25. The highest BCUT2D eigenvalue weighted by Crippen LogP contribution is 2.38. The lowest BCUT2D eigenvalue weighted by atomic mass is 9.99. The van der Waals surface area contributed by atoms with E-state index in [9.17, 15) is 23.1 Å². The maximum absolute atomic E-state index is 13.7. The van der Waals surface area contributed by atoms with Crippen LogP contribution in [0.2, 0.25) is 0 Å². The number of sulfonamides is 1. The first-order chi connectivity index (χ1) is 20.0. The fraction of sp³-hybridized carbons (Fsp3) is 0.484.